The number of likely N-dealkylation sites (tertiary alicyclic amines) is 1. The maximum atomic E-state index is 14.9. The lowest BCUT2D eigenvalue weighted by Gasteiger charge is -2.40. The van der Waals surface area contributed by atoms with E-state index in [1.807, 2.05) is 27.7 Å². The lowest BCUT2D eigenvalue weighted by atomic mass is 9.81. The molecule has 53 heavy (non-hydrogen) atoms. The number of H-pyrrole nitrogens is 1. The summed E-state index contributed by atoms with van der Waals surface area (Å²) < 4.78 is 0. The Morgan fingerprint density at radius 2 is 1.55 bits per heavy atom. The molecule has 3 saturated carbocycles. The van der Waals surface area contributed by atoms with Crippen molar-refractivity contribution in [2.45, 2.75) is 168 Å². The first-order valence-electron chi connectivity index (χ1n) is 19.9. The Kier molecular flexibility index (Phi) is 12.9. The van der Waals surface area contributed by atoms with E-state index in [1.165, 1.54) is 6.92 Å². The van der Waals surface area contributed by atoms with Crippen molar-refractivity contribution < 1.29 is 33.6 Å². The van der Waals surface area contributed by atoms with Crippen LogP contribution in [-0.4, -0.2) is 87.2 Å². The topological polar surface area (TPSA) is 187 Å². The molecule has 1 saturated heterocycles. The minimum absolute atomic E-state index is 0.00308. The maximum Gasteiger partial charge on any atom is 0.289 e. The largest absolute Gasteiger partial charge is 0.348 e. The summed E-state index contributed by atoms with van der Waals surface area (Å²) in [7, 11) is 0. The summed E-state index contributed by atoms with van der Waals surface area (Å²) in [5.41, 5.74) is 0.390. The van der Waals surface area contributed by atoms with Crippen LogP contribution in [0, 0.1) is 24.2 Å². The smallest absolute Gasteiger partial charge is 0.289 e. The third-order valence-corrected chi connectivity index (χ3v) is 11.7. The van der Waals surface area contributed by atoms with E-state index in [4.69, 9.17) is 0 Å². The van der Waals surface area contributed by atoms with Gasteiger partial charge in [-0.15, -0.1) is 0 Å². The van der Waals surface area contributed by atoms with Crippen molar-refractivity contribution in [3.05, 3.63) is 23.0 Å². The van der Waals surface area contributed by atoms with Crippen molar-refractivity contribution in [2.75, 3.05) is 0 Å². The number of rotatable bonds is 14. The Morgan fingerprint density at radius 1 is 0.887 bits per heavy atom. The summed E-state index contributed by atoms with van der Waals surface area (Å²) in [6.07, 6.45) is 10.8. The van der Waals surface area contributed by atoms with Gasteiger partial charge in [0.25, 0.3) is 11.8 Å². The lowest BCUT2D eigenvalue weighted by Crippen LogP contribution is -2.63. The van der Waals surface area contributed by atoms with Gasteiger partial charge in [-0.25, -0.2) is 0 Å². The minimum atomic E-state index is -1.02. The zero-order chi connectivity index (χ0) is 38.6. The fraction of sp³-hybridized carbons (Fsp3) is 0.725. The molecule has 3 aliphatic carbocycles. The molecule has 292 valence electrons. The van der Waals surface area contributed by atoms with Crippen LogP contribution in [-0.2, 0) is 24.0 Å². The molecule has 2 heterocycles. The standard InChI is InChI=1S/C40H60N6O7/c1-7-13-27(33(48)38(52)41-26-18-19-26)43-36(50)30-21-25-16-11-12-17-29(25)46(30)39(53)34(40(4,5)6)45-37(51)32(24-14-9-8-10-15-24)44-35(49)28-20-22(2)31(42-28)23(3)47/h20,24-27,29-30,32,34,42H,7-19,21H2,1-6H3,(H,41,52)(H,43,50)(H,44,49)(H,45,51)/t25-,27-,29-,30-,32?,34+/m0/s1. The highest BCUT2D eigenvalue weighted by molar-refractivity contribution is 6.38. The predicted octanol–water partition coefficient (Wildman–Crippen LogP) is 4.03. The third-order valence-electron chi connectivity index (χ3n) is 11.7. The Labute approximate surface area is 313 Å². The predicted molar refractivity (Wildman–Crippen MR) is 199 cm³/mol. The molecule has 4 aliphatic rings. The minimum Gasteiger partial charge on any atom is -0.348 e. The van der Waals surface area contributed by atoms with E-state index in [1.54, 1.807) is 17.9 Å². The summed E-state index contributed by atoms with van der Waals surface area (Å²) in [4.78, 5) is 99.5. The van der Waals surface area contributed by atoms with Gasteiger partial charge in [-0.3, -0.25) is 33.6 Å². The molecule has 0 aromatic carbocycles. The molecule has 1 unspecified atom stereocenters. The summed E-state index contributed by atoms with van der Waals surface area (Å²) >= 11 is 0. The van der Waals surface area contributed by atoms with Crippen molar-refractivity contribution in [1.29, 1.82) is 0 Å². The van der Waals surface area contributed by atoms with Crippen LogP contribution in [0.4, 0.5) is 0 Å². The van der Waals surface area contributed by atoms with Gasteiger partial charge in [-0.1, -0.05) is 66.2 Å². The van der Waals surface area contributed by atoms with Gasteiger partial charge in [0, 0.05) is 19.0 Å². The Balaban J connectivity index is 1.39. The van der Waals surface area contributed by atoms with Crippen LogP contribution in [0.2, 0.25) is 0 Å². The van der Waals surface area contributed by atoms with Crippen molar-refractivity contribution in [3.8, 4) is 0 Å². The van der Waals surface area contributed by atoms with Gasteiger partial charge in [-0.2, -0.15) is 0 Å². The van der Waals surface area contributed by atoms with Crippen molar-refractivity contribution in [1.82, 2.24) is 31.2 Å². The molecule has 5 amide bonds. The Morgan fingerprint density at radius 3 is 2.15 bits per heavy atom. The zero-order valence-electron chi connectivity index (χ0n) is 32.4. The molecule has 13 heteroatoms. The Bertz CT molecular complexity index is 1570. The van der Waals surface area contributed by atoms with Gasteiger partial charge >= 0.3 is 0 Å². The number of Topliss-reactive ketones (excluding diaryl/α,β-unsaturated/α-hetero) is 2. The van der Waals surface area contributed by atoms with Gasteiger partial charge in [0.05, 0.1) is 11.7 Å². The Hall–Kier alpha value is -4.03. The second kappa shape index (κ2) is 17.0. The summed E-state index contributed by atoms with van der Waals surface area (Å²) in [6, 6.07) is -2.41. The molecular formula is C40H60N6O7. The number of ketones is 2. The molecule has 5 rings (SSSR count). The number of hydrogen-bond acceptors (Lipinski definition) is 7. The van der Waals surface area contributed by atoms with E-state index in [2.05, 4.69) is 26.3 Å². The van der Waals surface area contributed by atoms with Gasteiger partial charge in [0.15, 0.2) is 5.78 Å². The number of fused-ring (bicyclic) bond motifs is 1. The molecule has 13 nitrogen and oxygen atoms in total. The summed E-state index contributed by atoms with van der Waals surface area (Å²) in [5, 5.41) is 11.6. The molecule has 1 aliphatic heterocycles. The number of carbonyl (C=O) groups is 7. The number of amides is 5. The van der Waals surface area contributed by atoms with Crippen LogP contribution >= 0.6 is 0 Å². The molecule has 1 aromatic rings. The summed E-state index contributed by atoms with van der Waals surface area (Å²) in [6.45, 7) is 10.6. The third kappa shape index (κ3) is 9.56. The van der Waals surface area contributed by atoms with E-state index in [9.17, 15) is 33.6 Å². The first-order valence-corrected chi connectivity index (χ1v) is 19.9. The van der Waals surface area contributed by atoms with Gasteiger partial charge in [-0.05, 0) is 87.2 Å². The molecular weight excluding hydrogens is 676 g/mol. The van der Waals surface area contributed by atoms with E-state index in [0.717, 1.165) is 70.6 Å². The number of nitrogens with one attached hydrogen (secondary N) is 5. The quantitative estimate of drug-likeness (QED) is 0.141. The van der Waals surface area contributed by atoms with E-state index in [0.29, 0.717) is 30.5 Å². The molecule has 5 N–H and O–H groups in total. The van der Waals surface area contributed by atoms with Crippen LogP contribution in [0.15, 0.2) is 6.07 Å². The van der Waals surface area contributed by atoms with Crippen LogP contribution in [0.5, 0.6) is 0 Å². The first kappa shape index (κ1) is 40.2. The SMILES string of the molecule is CCC[C@H](NC(=O)[C@@H]1C[C@@H]2CCCC[C@@H]2N1C(=O)[C@@H](NC(=O)C(NC(=O)c1cc(C)c(C(C)=O)[nH]1)C1CCCCC1)C(C)(C)C)C(=O)C(=O)NC1CC1. The molecule has 0 bridgehead atoms. The van der Waals surface area contributed by atoms with Gasteiger partial charge in [0.2, 0.25) is 23.5 Å². The first-order chi connectivity index (χ1) is 25.1. The highest BCUT2D eigenvalue weighted by Crippen LogP contribution is 2.41. The van der Waals surface area contributed by atoms with E-state index < -0.39 is 59.0 Å². The normalized spacial score (nSPS) is 23.6. The average molecular weight is 737 g/mol. The molecule has 4 fully saturated rings. The van der Waals surface area contributed by atoms with Crippen LogP contribution in [0.3, 0.4) is 0 Å². The van der Waals surface area contributed by atoms with Crippen LogP contribution in [0.1, 0.15) is 151 Å². The monoisotopic (exact) mass is 736 g/mol. The van der Waals surface area contributed by atoms with Crippen LogP contribution < -0.4 is 21.3 Å². The van der Waals surface area contributed by atoms with Crippen LogP contribution in [0.25, 0.3) is 0 Å². The number of aryl methyl sites for hydroxylation is 1. The number of hydrogen-bond donors (Lipinski definition) is 5. The molecule has 6 atom stereocenters. The number of aromatic nitrogens is 1. The molecule has 1 aromatic heterocycles. The number of carbonyl (C=O) groups excluding carboxylic acids is 7. The van der Waals surface area contributed by atoms with Gasteiger partial charge in [0.1, 0.15) is 23.8 Å². The molecule has 0 radical (unpaired) electrons. The highest BCUT2D eigenvalue weighted by atomic mass is 16.2. The summed E-state index contributed by atoms with van der Waals surface area (Å²) in [5.74, 6) is -3.43. The average Bonchev–Trinajstić information content (AvgIpc) is 3.70. The lowest BCUT2D eigenvalue weighted by molar-refractivity contribution is -0.147. The second-order valence-electron chi connectivity index (χ2n) is 17.0. The number of nitrogens with zero attached hydrogens (tertiary/aromatic N) is 1. The van der Waals surface area contributed by atoms with Crippen molar-refractivity contribution in [2.24, 2.45) is 17.3 Å². The second-order valence-corrected chi connectivity index (χ2v) is 17.0. The molecule has 0 spiro atoms. The van der Waals surface area contributed by atoms with Gasteiger partial charge < -0.3 is 31.2 Å². The van der Waals surface area contributed by atoms with Crippen molar-refractivity contribution >= 4 is 41.1 Å². The van der Waals surface area contributed by atoms with E-state index in [-0.39, 0.29) is 41.3 Å². The van der Waals surface area contributed by atoms with Crippen molar-refractivity contribution in [3.63, 3.8) is 0 Å². The highest BCUT2D eigenvalue weighted by Gasteiger charge is 2.51. The van der Waals surface area contributed by atoms with E-state index >= 15 is 0 Å². The maximum absolute atomic E-state index is 14.9. The zero-order valence-corrected chi connectivity index (χ0v) is 32.4. The fourth-order valence-corrected chi connectivity index (χ4v) is 8.64. The number of aromatic amines is 1. The fourth-order valence-electron chi connectivity index (χ4n) is 8.64.